The summed E-state index contributed by atoms with van der Waals surface area (Å²) in [4.78, 5) is 63.4. The van der Waals surface area contributed by atoms with E-state index >= 15 is 0 Å². The number of ether oxygens (including phenoxy) is 1. The number of carboxylic acid groups (broad SMARTS) is 2. The minimum absolute atomic E-state index is 0.170. The van der Waals surface area contributed by atoms with Gasteiger partial charge >= 0.3 is 17.9 Å². The number of carbonyl (C=O) groups is 5. The summed E-state index contributed by atoms with van der Waals surface area (Å²) in [6.07, 6.45) is -0.924. The molecule has 2 aromatic carbocycles. The summed E-state index contributed by atoms with van der Waals surface area (Å²) < 4.78 is 5.01. The van der Waals surface area contributed by atoms with Crippen LogP contribution in [0.15, 0.2) is 42.5 Å². The van der Waals surface area contributed by atoms with E-state index in [0.717, 1.165) is 4.90 Å². The zero-order chi connectivity index (χ0) is 25.7. The number of carboxylic acids is 2. The van der Waals surface area contributed by atoms with Crippen molar-refractivity contribution in [3.63, 3.8) is 0 Å². The fourth-order valence-corrected chi connectivity index (χ4v) is 5.02. The summed E-state index contributed by atoms with van der Waals surface area (Å²) in [5.74, 6) is -7.48. The van der Waals surface area contributed by atoms with Crippen molar-refractivity contribution in [3.05, 3.63) is 58.6 Å². The predicted molar refractivity (Wildman–Crippen MR) is 122 cm³/mol. The molecule has 0 aromatic heterocycles. The number of nitrogens with one attached hydrogen (secondary N) is 1. The lowest BCUT2D eigenvalue weighted by atomic mass is 9.77. The Kier molecular flexibility index (Phi) is 6.12. The second-order valence-corrected chi connectivity index (χ2v) is 8.99. The van der Waals surface area contributed by atoms with Crippen molar-refractivity contribution in [1.29, 1.82) is 0 Å². The Morgan fingerprint density at radius 3 is 2.29 bits per heavy atom. The van der Waals surface area contributed by atoms with Gasteiger partial charge in [-0.15, -0.1) is 0 Å². The number of amides is 2. The first-order valence-corrected chi connectivity index (χ1v) is 11.0. The van der Waals surface area contributed by atoms with E-state index in [0.29, 0.717) is 16.1 Å². The molecule has 3 N–H and O–H groups in total. The third-order valence-electron chi connectivity index (χ3n) is 6.38. The Bertz CT molecular complexity index is 1260. The highest BCUT2D eigenvalue weighted by molar-refractivity contribution is 6.32. The molecule has 0 saturated carbocycles. The lowest BCUT2D eigenvalue weighted by Gasteiger charge is -2.29. The van der Waals surface area contributed by atoms with E-state index in [1.807, 2.05) is 0 Å². The fourth-order valence-electron chi connectivity index (χ4n) is 4.85. The SMILES string of the molecule is CC(=O)Oc1ccc(C2NC(CC(=O)O)(C(=O)O)C3C(=O)N(c4ccc(C)c(Cl)c4)C(=O)C23)cc1. The van der Waals surface area contributed by atoms with Crippen LogP contribution in [0.3, 0.4) is 0 Å². The monoisotopic (exact) mass is 500 g/mol. The van der Waals surface area contributed by atoms with Crippen LogP contribution in [0.5, 0.6) is 5.75 Å². The number of imide groups is 1. The summed E-state index contributed by atoms with van der Waals surface area (Å²) in [5.41, 5.74) is -0.920. The molecule has 2 aromatic rings. The Morgan fingerprint density at radius 1 is 1.09 bits per heavy atom. The molecule has 10 nitrogen and oxygen atoms in total. The molecule has 2 aliphatic rings. The number of anilines is 1. The Labute approximate surface area is 204 Å². The Hall–Kier alpha value is -3.76. The van der Waals surface area contributed by atoms with Crippen LogP contribution < -0.4 is 15.0 Å². The molecule has 2 amide bonds. The molecule has 11 heteroatoms. The number of fused-ring (bicyclic) bond motifs is 1. The van der Waals surface area contributed by atoms with Crippen LogP contribution in [0.1, 0.15) is 30.5 Å². The molecule has 4 atom stereocenters. The molecule has 0 aliphatic carbocycles. The van der Waals surface area contributed by atoms with Crippen LogP contribution in [0.2, 0.25) is 5.02 Å². The molecule has 4 unspecified atom stereocenters. The summed E-state index contributed by atoms with van der Waals surface area (Å²) >= 11 is 6.19. The van der Waals surface area contributed by atoms with Crippen LogP contribution >= 0.6 is 11.6 Å². The van der Waals surface area contributed by atoms with Gasteiger partial charge in [-0.1, -0.05) is 29.8 Å². The topological polar surface area (TPSA) is 150 Å². The maximum atomic E-state index is 13.6. The van der Waals surface area contributed by atoms with Crippen LogP contribution in [0.4, 0.5) is 5.69 Å². The van der Waals surface area contributed by atoms with Gasteiger partial charge < -0.3 is 14.9 Å². The van der Waals surface area contributed by atoms with Crippen molar-refractivity contribution >= 4 is 47.0 Å². The number of benzene rings is 2. The highest BCUT2D eigenvalue weighted by atomic mass is 35.5. The molecule has 2 aliphatic heterocycles. The zero-order valence-electron chi connectivity index (χ0n) is 18.6. The van der Waals surface area contributed by atoms with Gasteiger partial charge in [0.1, 0.15) is 11.3 Å². The molecule has 4 rings (SSSR count). The van der Waals surface area contributed by atoms with E-state index in [1.165, 1.54) is 43.3 Å². The maximum absolute atomic E-state index is 13.6. The number of rotatable bonds is 6. The van der Waals surface area contributed by atoms with Gasteiger partial charge in [0.05, 0.1) is 23.9 Å². The second-order valence-electron chi connectivity index (χ2n) is 8.58. The van der Waals surface area contributed by atoms with Gasteiger partial charge in [-0.25, -0.2) is 4.90 Å². The lowest BCUT2D eigenvalue weighted by Crippen LogP contribution is -2.57. The highest BCUT2D eigenvalue weighted by Crippen LogP contribution is 2.51. The van der Waals surface area contributed by atoms with E-state index in [1.54, 1.807) is 13.0 Å². The summed E-state index contributed by atoms with van der Waals surface area (Å²) in [6, 6.07) is 9.55. The van der Waals surface area contributed by atoms with Crippen molar-refractivity contribution in [2.75, 3.05) is 4.90 Å². The van der Waals surface area contributed by atoms with Crippen molar-refractivity contribution in [2.45, 2.75) is 31.8 Å². The summed E-state index contributed by atoms with van der Waals surface area (Å²) in [7, 11) is 0. The van der Waals surface area contributed by atoms with Gasteiger partial charge in [0.15, 0.2) is 0 Å². The minimum atomic E-state index is -2.23. The van der Waals surface area contributed by atoms with E-state index < -0.39 is 59.6 Å². The molecular weight excluding hydrogens is 480 g/mol. The molecule has 0 radical (unpaired) electrons. The van der Waals surface area contributed by atoms with Gasteiger partial charge in [0.25, 0.3) is 0 Å². The van der Waals surface area contributed by atoms with E-state index in [-0.39, 0.29) is 11.4 Å². The van der Waals surface area contributed by atoms with Gasteiger partial charge in [-0.05, 0) is 42.3 Å². The van der Waals surface area contributed by atoms with Gasteiger partial charge in [0, 0.05) is 18.0 Å². The Balaban J connectivity index is 1.83. The van der Waals surface area contributed by atoms with Crippen molar-refractivity contribution in [3.8, 4) is 5.75 Å². The standard InChI is InChI=1S/C24H21ClN2O8/c1-11-3-6-14(9-16(11)25)27-21(31)18-19(22(27)32)24(23(33)34,10-17(29)30)26-20(18)13-4-7-15(8-5-13)35-12(2)28/h3-9,18-20,26H,10H2,1-2H3,(H,29,30)(H,33,34). The quantitative estimate of drug-likeness (QED) is 0.308. The minimum Gasteiger partial charge on any atom is -0.481 e. The average molecular weight is 501 g/mol. The van der Waals surface area contributed by atoms with Gasteiger partial charge in [0.2, 0.25) is 11.8 Å². The van der Waals surface area contributed by atoms with Crippen LogP contribution in [0.25, 0.3) is 0 Å². The second kappa shape index (κ2) is 8.79. The zero-order valence-corrected chi connectivity index (χ0v) is 19.4. The highest BCUT2D eigenvalue weighted by Gasteiger charge is 2.69. The van der Waals surface area contributed by atoms with Crippen LogP contribution in [-0.4, -0.2) is 45.5 Å². The average Bonchev–Trinajstić information content (AvgIpc) is 3.24. The van der Waals surface area contributed by atoms with E-state index in [9.17, 15) is 34.2 Å². The number of nitrogens with zero attached hydrogens (tertiary/aromatic N) is 1. The molecule has 0 spiro atoms. The fraction of sp³-hybridized carbons (Fsp3) is 0.292. The number of esters is 1. The largest absolute Gasteiger partial charge is 0.481 e. The molecule has 2 fully saturated rings. The number of aliphatic carboxylic acids is 2. The van der Waals surface area contributed by atoms with E-state index in [2.05, 4.69) is 5.32 Å². The number of halogens is 1. The number of hydrogen-bond acceptors (Lipinski definition) is 7. The number of aryl methyl sites for hydroxylation is 1. The maximum Gasteiger partial charge on any atom is 0.325 e. The normalized spacial score (nSPS) is 25.5. The molecule has 0 bridgehead atoms. The first-order valence-electron chi connectivity index (χ1n) is 10.6. The molecular formula is C24H21ClN2O8. The number of hydrogen-bond donors (Lipinski definition) is 3. The van der Waals surface area contributed by atoms with Crippen LogP contribution in [-0.2, 0) is 24.0 Å². The van der Waals surface area contributed by atoms with Gasteiger partial charge in [-0.2, -0.15) is 0 Å². The van der Waals surface area contributed by atoms with E-state index in [4.69, 9.17) is 16.3 Å². The lowest BCUT2D eigenvalue weighted by molar-refractivity contribution is -0.154. The molecule has 2 heterocycles. The molecule has 35 heavy (non-hydrogen) atoms. The number of carbonyl (C=O) groups excluding carboxylic acids is 3. The van der Waals surface area contributed by atoms with Crippen molar-refractivity contribution in [1.82, 2.24) is 5.32 Å². The third kappa shape index (κ3) is 4.04. The molecule has 2 saturated heterocycles. The van der Waals surface area contributed by atoms with Gasteiger partial charge in [-0.3, -0.25) is 29.3 Å². The summed E-state index contributed by atoms with van der Waals surface area (Å²) in [6.45, 7) is 2.98. The predicted octanol–water partition coefficient (Wildman–Crippen LogP) is 2.32. The third-order valence-corrected chi connectivity index (χ3v) is 6.79. The smallest absolute Gasteiger partial charge is 0.325 e. The first kappa shape index (κ1) is 24.4. The van der Waals surface area contributed by atoms with Crippen molar-refractivity contribution in [2.24, 2.45) is 11.8 Å². The summed E-state index contributed by atoms with van der Waals surface area (Å²) in [5, 5.41) is 22.7. The molecule has 182 valence electrons. The first-order chi connectivity index (χ1) is 16.5. The van der Waals surface area contributed by atoms with Crippen molar-refractivity contribution < 1.29 is 38.9 Å². The Morgan fingerprint density at radius 2 is 1.74 bits per heavy atom. The van der Waals surface area contributed by atoms with Crippen LogP contribution in [0, 0.1) is 18.8 Å².